The summed E-state index contributed by atoms with van der Waals surface area (Å²) in [6.07, 6.45) is 3.99. The zero-order chi connectivity index (χ0) is 49.4. The van der Waals surface area contributed by atoms with Crippen molar-refractivity contribution < 1.29 is 38.1 Å². The van der Waals surface area contributed by atoms with Crippen LogP contribution in [0.4, 0.5) is 0 Å². The predicted octanol–water partition coefficient (Wildman–Crippen LogP) is 10.8. The van der Waals surface area contributed by atoms with Gasteiger partial charge in [0.1, 0.15) is 0 Å². The number of hydrogen-bond donors (Lipinski definition) is 0. The van der Waals surface area contributed by atoms with Crippen LogP contribution in [0.5, 0.6) is 0 Å². The Morgan fingerprint density at radius 2 is 0.600 bits per heavy atom. The number of ether oxygens (including phenoxy) is 4. The maximum atomic E-state index is 13.0. The van der Waals surface area contributed by atoms with Crippen LogP contribution in [0.1, 0.15) is 103 Å². The second kappa shape index (κ2) is 21.5. The van der Waals surface area contributed by atoms with E-state index in [9.17, 15) is 19.2 Å². The molecule has 0 bridgehead atoms. The molecule has 12 nitrogen and oxygen atoms in total. The Bertz CT molecular complexity index is 2710. The summed E-state index contributed by atoms with van der Waals surface area (Å²) in [5.74, 6) is -1.83. The quantitative estimate of drug-likeness (QED) is 0.0490. The average molecular weight is 971 g/mol. The second-order valence-corrected chi connectivity index (χ2v) is 17.5. The van der Waals surface area contributed by atoms with Gasteiger partial charge in [0.15, 0.2) is 0 Å². The van der Waals surface area contributed by atoms with E-state index in [1.165, 1.54) is 23.5 Å². The first-order valence-corrected chi connectivity index (χ1v) is 25.3. The van der Waals surface area contributed by atoms with Crippen molar-refractivity contribution in [3.63, 3.8) is 0 Å². The van der Waals surface area contributed by atoms with Crippen molar-refractivity contribution >= 4 is 70.2 Å². The summed E-state index contributed by atoms with van der Waals surface area (Å²) in [5, 5.41) is 0. The Morgan fingerprint density at radius 1 is 0.371 bits per heavy atom. The molecule has 0 amide bonds. The van der Waals surface area contributed by atoms with Crippen molar-refractivity contribution in [2.75, 3.05) is 38.9 Å². The highest BCUT2D eigenvalue weighted by Gasteiger charge is 2.61. The molecule has 0 atom stereocenters. The molecule has 2 aliphatic rings. The van der Waals surface area contributed by atoms with Gasteiger partial charge in [0.2, 0.25) is 11.3 Å². The maximum absolute atomic E-state index is 13.0. The smallest absolute Gasteiger partial charge is 0.338 e. The normalized spacial score (nSPS) is 14.4. The van der Waals surface area contributed by atoms with E-state index in [0.717, 1.165) is 9.79 Å². The standard InChI is InChI=1S/C56H50N4O8S2/c1-7-65-51(61)39-27-19-35(20-28-39)47-48(36-21-29-40(30-22-36)52(62)66-8-2)58-55(57-47,43-15-11-13-17-45(43)69-5)56(44-16-12-14-18-46(44)70-6)59-49(37-23-31-41(32-24-37)53(63)67-9-3)50(60-56)38-25-33-42(34-26-38)54(64)68-10-4/h11-34H,7-10H2,1-6H3. The van der Waals surface area contributed by atoms with Gasteiger partial charge in [-0.1, -0.05) is 84.9 Å². The Kier molecular flexibility index (Phi) is 15.0. The first-order chi connectivity index (χ1) is 34.0. The molecule has 0 unspecified atom stereocenters. The molecule has 2 heterocycles. The summed E-state index contributed by atoms with van der Waals surface area (Å²) in [5.41, 5.74) is 4.00. The fraction of sp³-hybridized carbons (Fsp3) is 0.214. The van der Waals surface area contributed by atoms with E-state index >= 15 is 0 Å². The number of carbonyl (C=O) groups is 4. The minimum atomic E-state index is -1.70. The third-order valence-electron chi connectivity index (χ3n) is 11.7. The number of hydrogen-bond acceptors (Lipinski definition) is 14. The van der Waals surface area contributed by atoms with Crippen LogP contribution in [0.2, 0.25) is 0 Å². The molecule has 0 radical (unpaired) electrons. The number of esters is 4. The summed E-state index contributed by atoms with van der Waals surface area (Å²) >= 11 is 3.07. The van der Waals surface area contributed by atoms with Gasteiger partial charge in [-0.15, -0.1) is 23.5 Å². The molecule has 14 heteroatoms. The maximum Gasteiger partial charge on any atom is 0.338 e. The van der Waals surface area contributed by atoms with Crippen molar-refractivity contribution in [1.82, 2.24) is 0 Å². The van der Waals surface area contributed by atoms with Gasteiger partial charge in [-0.2, -0.15) is 0 Å². The number of benzene rings is 6. The highest BCUT2D eigenvalue weighted by Crippen LogP contribution is 2.57. The van der Waals surface area contributed by atoms with Crippen molar-refractivity contribution in [3.05, 3.63) is 201 Å². The van der Waals surface area contributed by atoms with Crippen LogP contribution in [0.3, 0.4) is 0 Å². The lowest BCUT2D eigenvalue weighted by molar-refractivity contribution is 0.0516. The molecule has 0 saturated carbocycles. The zero-order valence-corrected chi connectivity index (χ0v) is 41.2. The summed E-state index contributed by atoms with van der Waals surface area (Å²) in [7, 11) is 0. The van der Waals surface area contributed by atoms with Crippen LogP contribution < -0.4 is 0 Å². The van der Waals surface area contributed by atoms with Crippen LogP contribution in [0.15, 0.2) is 175 Å². The molecule has 6 aromatic carbocycles. The van der Waals surface area contributed by atoms with Gasteiger partial charge >= 0.3 is 23.9 Å². The van der Waals surface area contributed by atoms with Gasteiger partial charge in [-0.3, -0.25) is 0 Å². The second-order valence-electron chi connectivity index (χ2n) is 15.8. The van der Waals surface area contributed by atoms with Gasteiger partial charge in [0, 0.05) is 43.2 Å². The van der Waals surface area contributed by atoms with Crippen LogP contribution in [0.25, 0.3) is 0 Å². The van der Waals surface area contributed by atoms with Crippen molar-refractivity contribution in [3.8, 4) is 0 Å². The number of thioether (sulfide) groups is 2. The van der Waals surface area contributed by atoms with E-state index in [1.807, 2.05) is 110 Å². The summed E-state index contributed by atoms with van der Waals surface area (Å²) in [6.45, 7) is 7.92. The largest absolute Gasteiger partial charge is 0.462 e. The number of rotatable bonds is 17. The van der Waals surface area contributed by atoms with Crippen molar-refractivity contribution in [2.45, 2.75) is 48.8 Å². The van der Waals surface area contributed by atoms with Gasteiger partial charge in [-0.05, 0) is 101 Å². The fourth-order valence-electron chi connectivity index (χ4n) is 8.42. The SMILES string of the molecule is CCOC(=O)c1ccc(C2=NC(c3ccccc3SC)(C3(c4ccccc4SC)N=C(c4ccc(C(=O)OCC)cc4)C(c4ccc(C(=O)OCC)cc4)=N3)N=C2c2ccc(C(=O)OCC)cc2)cc1. The van der Waals surface area contributed by atoms with Gasteiger partial charge in [-0.25, -0.2) is 39.1 Å². The van der Waals surface area contributed by atoms with E-state index < -0.39 is 35.2 Å². The Labute approximate surface area is 415 Å². The number of carbonyl (C=O) groups excluding carboxylic acids is 4. The molecule has 354 valence electrons. The van der Waals surface area contributed by atoms with Crippen molar-refractivity contribution in [2.24, 2.45) is 20.0 Å². The summed E-state index contributed by atoms with van der Waals surface area (Å²) in [4.78, 5) is 76.9. The third kappa shape index (κ3) is 9.36. The first-order valence-electron chi connectivity index (χ1n) is 22.8. The lowest BCUT2D eigenvalue weighted by Crippen LogP contribution is -2.43. The molecule has 0 spiro atoms. The minimum absolute atomic E-state index is 0.221. The average Bonchev–Trinajstić information content (AvgIpc) is 4.02. The molecule has 0 saturated heterocycles. The molecule has 6 aromatic rings. The van der Waals surface area contributed by atoms with Crippen LogP contribution in [0, 0.1) is 0 Å². The lowest BCUT2D eigenvalue weighted by Gasteiger charge is -2.39. The van der Waals surface area contributed by atoms with Crippen LogP contribution in [-0.4, -0.2) is 85.7 Å². The molecule has 8 rings (SSSR count). The summed E-state index contributed by atoms with van der Waals surface area (Å²) in [6, 6.07) is 44.0. The monoisotopic (exact) mass is 970 g/mol. The molecule has 0 N–H and O–H groups in total. The first kappa shape index (κ1) is 49.0. The van der Waals surface area contributed by atoms with Crippen LogP contribution in [-0.2, 0) is 30.3 Å². The highest BCUT2D eigenvalue weighted by atomic mass is 32.2. The molecule has 0 fully saturated rings. The Balaban J connectivity index is 1.50. The fourth-order valence-corrected chi connectivity index (χ4v) is 9.71. The Hall–Kier alpha value is -7.42. The Morgan fingerprint density at radius 3 is 0.814 bits per heavy atom. The minimum Gasteiger partial charge on any atom is -0.462 e. The number of nitrogens with zero attached hydrogens (tertiary/aromatic N) is 4. The van der Waals surface area contributed by atoms with E-state index in [0.29, 0.717) is 78.5 Å². The predicted molar refractivity (Wildman–Crippen MR) is 276 cm³/mol. The van der Waals surface area contributed by atoms with Gasteiger partial charge in [0.25, 0.3) is 0 Å². The highest BCUT2D eigenvalue weighted by molar-refractivity contribution is 7.98. The molecule has 2 aliphatic heterocycles. The number of aliphatic imine (C=N–C) groups is 4. The van der Waals surface area contributed by atoms with E-state index in [1.54, 1.807) is 76.2 Å². The molecule has 0 aromatic heterocycles. The lowest BCUT2D eigenvalue weighted by atomic mass is 9.82. The van der Waals surface area contributed by atoms with Gasteiger partial charge in [0.05, 0.1) is 71.5 Å². The van der Waals surface area contributed by atoms with Crippen LogP contribution >= 0.6 is 23.5 Å². The third-order valence-corrected chi connectivity index (χ3v) is 13.3. The van der Waals surface area contributed by atoms with E-state index in [4.69, 9.17) is 38.9 Å². The molecular formula is C56H50N4O8S2. The topological polar surface area (TPSA) is 155 Å². The van der Waals surface area contributed by atoms with E-state index in [-0.39, 0.29) is 26.4 Å². The molecular weight excluding hydrogens is 921 g/mol. The molecule has 0 aliphatic carbocycles. The molecule has 70 heavy (non-hydrogen) atoms. The van der Waals surface area contributed by atoms with Crippen molar-refractivity contribution in [1.29, 1.82) is 0 Å². The zero-order valence-electron chi connectivity index (χ0n) is 39.6. The van der Waals surface area contributed by atoms with Gasteiger partial charge < -0.3 is 18.9 Å². The van der Waals surface area contributed by atoms with E-state index in [2.05, 4.69) is 0 Å². The summed E-state index contributed by atoms with van der Waals surface area (Å²) < 4.78 is 21.4.